The van der Waals surface area contributed by atoms with Crippen molar-refractivity contribution in [3.05, 3.63) is 66.4 Å². The average molecular weight is 446 g/mol. The molecule has 4 rings (SSSR count). The van der Waals surface area contributed by atoms with E-state index in [1.165, 1.54) is 4.68 Å². The molecule has 0 aliphatic carbocycles. The Morgan fingerprint density at radius 2 is 2.03 bits per heavy atom. The number of nitrogens with zero attached hydrogens (tertiary/aromatic N) is 6. The second kappa shape index (κ2) is 9.64. The van der Waals surface area contributed by atoms with E-state index in [4.69, 9.17) is 19.8 Å². The van der Waals surface area contributed by atoms with Gasteiger partial charge in [-0.15, -0.1) is 5.10 Å². The molecule has 3 N–H and O–H groups in total. The first-order valence-electron chi connectivity index (χ1n) is 10.0. The van der Waals surface area contributed by atoms with Crippen LogP contribution in [0.3, 0.4) is 0 Å². The molecule has 2 aromatic heterocycles. The Morgan fingerprint density at radius 3 is 2.73 bits per heavy atom. The van der Waals surface area contributed by atoms with E-state index in [9.17, 15) is 0 Å². The van der Waals surface area contributed by atoms with Crippen LogP contribution in [-0.2, 0) is 0 Å². The largest absolute Gasteiger partial charge is 0.493 e. The van der Waals surface area contributed by atoms with Crippen LogP contribution in [0.5, 0.6) is 11.5 Å². The minimum Gasteiger partial charge on any atom is -0.493 e. The van der Waals surface area contributed by atoms with Crippen molar-refractivity contribution in [2.75, 3.05) is 19.5 Å². The van der Waals surface area contributed by atoms with Gasteiger partial charge >= 0.3 is 0 Å². The Kier molecular flexibility index (Phi) is 6.30. The SMILES string of the molecule is C=C(N/N=C/c1ccc(OC)c(OCC)c1)c1nnn(-c2nonc2N)c1-c1ccccc1. The molecule has 0 radical (unpaired) electrons. The number of hydrogen-bond acceptors (Lipinski definition) is 10. The molecule has 0 saturated heterocycles. The molecule has 0 spiro atoms. The van der Waals surface area contributed by atoms with Gasteiger partial charge in [0.15, 0.2) is 11.5 Å². The second-order valence-electron chi connectivity index (χ2n) is 6.73. The van der Waals surface area contributed by atoms with Crippen LogP contribution < -0.4 is 20.6 Å². The molecule has 0 amide bonds. The number of nitrogen functional groups attached to an aromatic ring is 1. The van der Waals surface area contributed by atoms with E-state index < -0.39 is 0 Å². The van der Waals surface area contributed by atoms with Gasteiger partial charge in [0.25, 0.3) is 0 Å². The van der Waals surface area contributed by atoms with E-state index in [-0.39, 0.29) is 11.6 Å². The zero-order valence-electron chi connectivity index (χ0n) is 18.1. The fourth-order valence-corrected chi connectivity index (χ4v) is 3.11. The first-order chi connectivity index (χ1) is 16.1. The third-order valence-corrected chi connectivity index (χ3v) is 4.60. The van der Waals surface area contributed by atoms with Crippen LogP contribution >= 0.6 is 0 Å². The number of aromatic nitrogens is 5. The minimum absolute atomic E-state index is 0.0878. The Labute approximate surface area is 189 Å². The summed E-state index contributed by atoms with van der Waals surface area (Å²) in [5, 5.41) is 20.2. The van der Waals surface area contributed by atoms with Gasteiger partial charge in [-0.2, -0.15) is 9.78 Å². The third-order valence-electron chi connectivity index (χ3n) is 4.60. The summed E-state index contributed by atoms with van der Waals surface area (Å²) in [6.07, 6.45) is 1.64. The summed E-state index contributed by atoms with van der Waals surface area (Å²) in [5.74, 6) is 1.60. The van der Waals surface area contributed by atoms with Crippen molar-refractivity contribution in [1.29, 1.82) is 0 Å². The molecule has 11 heteroatoms. The molecule has 2 aromatic carbocycles. The zero-order valence-corrected chi connectivity index (χ0v) is 18.1. The van der Waals surface area contributed by atoms with Crippen LogP contribution in [0.25, 0.3) is 22.8 Å². The number of methoxy groups -OCH3 is 1. The van der Waals surface area contributed by atoms with Crippen molar-refractivity contribution in [1.82, 2.24) is 30.7 Å². The quantitative estimate of drug-likeness (QED) is 0.293. The van der Waals surface area contributed by atoms with E-state index in [1.54, 1.807) is 13.3 Å². The normalized spacial score (nSPS) is 11.0. The molecular weight excluding hydrogens is 424 g/mol. The summed E-state index contributed by atoms with van der Waals surface area (Å²) in [6.45, 7) is 6.49. The van der Waals surface area contributed by atoms with Gasteiger partial charge in [-0.05, 0) is 41.0 Å². The van der Waals surface area contributed by atoms with Crippen LogP contribution in [0, 0.1) is 0 Å². The smallest absolute Gasteiger partial charge is 0.243 e. The lowest BCUT2D eigenvalue weighted by Gasteiger charge is -2.09. The van der Waals surface area contributed by atoms with Crippen LogP contribution in [0.15, 0.2) is 64.8 Å². The van der Waals surface area contributed by atoms with Crippen molar-refractivity contribution in [2.24, 2.45) is 5.10 Å². The molecule has 168 valence electrons. The number of nitrogens with two attached hydrogens (primary N) is 1. The van der Waals surface area contributed by atoms with Gasteiger partial charge in [-0.3, -0.25) is 5.43 Å². The molecule has 0 bridgehead atoms. The molecule has 11 nitrogen and oxygen atoms in total. The van der Waals surface area contributed by atoms with Gasteiger partial charge in [0.2, 0.25) is 11.6 Å². The van der Waals surface area contributed by atoms with Gasteiger partial charge in [-0.1, -0.05) is 42.1 Å². The molecule has 0 saturated carbocycles. The number of nitrogens with one attached hydrogen (secondary N) is 1. The number of ether oxygens (including phenoxy) is 2. The molecule has 2 heterocycles. The fourth-order valence-electron chi connectivity index (χ4n) is 3.11. The average Bonchev–Trinajstić information content (AvgIpc) is 3.46. The maximum absolute atomic E-state index is 5.87. The van der Waals surface area contributed by atoms with E-state index >= 15 is 0 Å². The standard InChI is InChI=1S/C22H22N8O3/c1-4-32-18-12-15(10-11-17(18)31-3)13-24-25-14(2)19-20(16-8-6-5-7-9-16)30(29-26-19)22-21(23)27-33-28-22/h5-13,25H,2,4H2,1,3H3,(H2,23,27)/b24-13+. The monoisotopic (exact) mass is 446 g/mol. The molecular formula is C22H22N8O3. The second-order valence-corrected chi connectivity index (χ2v) is 6.73. The highest BCUT2D eigenvalue weighted by Crippen LogP contribution is 2.29. The van der Waals surface area contributed by atoms with Gasteiger partial charge < -0.3 is 15.2 Å². The molecule has 4 aromatic rings. The predicted octanol–water partition coefficient (Wildman–Crippen LogP) is 2.90. The van der Waals surface area contributed by atoms with Crippen LogP contribution in [0.2, 0.25) is 0 Å². The Bertz CT molecular complexity index is 1280. The number of rotatable bonds is 9. The Balaban J connectivity index is 1.61. The predicted molar refractivity (Wildman–Crippen MR) is 123 cm³/mol. The van der Waals surface area contributed by atoms with E-state index in [2.05, 4.69) is 37.7 Å². The Morgan fingerprint density at radius 1 is 1.21 bits per heavy atom. The van der Waals surface area contributed by atoms with E-state index in [0.29, 0.717) is 35.2 Å². The summed E-state index contributed by atoms with van der Waals surface area (Å²) in [5.41, 5.74) is 11.9. The maximum atomic E-state index is 5.87. The highest BCUT2D eigenvalue weighted by molar-refractivity contribution is 5.82. The van der Waals surface area contributed by atoms with Crippen LogP contribution in [0.1, 0.15) is 18.2 Å². The van der Waals surface area contributed by atoms with Gasteiger partial charge in [0, 0.05) is 5.56 Å². The number of benzene rings is 2. The molecule has 0 aliphatic rings. The van der Waals surface area contributed by atoms with Crippen molar-refractivity contribution >= 4 is 17.7 Å². The van der Waals surface area contributed by atoms with Gasteiger partial charge in [0.1, 0.15) is 11.4 Å². The molecule has 0 atom stereocenters. The molecule has 0 fully saturated rings. The summed E-state index contributed by atoms with van der Waals surface area (Å²) < 4.78 is 17.1. The number of hydrazone groups is 1. The highest BCUT2D eigenvalue weighted by Gasteiger charge is 2.22. The van der Waals surface area contributed by atoms with Crippen molar-refractivity contribution < 1.29 is 14.1 Å². The minimum atomic E-state index is 0.0878. The third kappa shape index (κ3) is 4.51. The summed E-state index contributed by atoms with van der Waals surface area (Å²) in [6, 6.07) is 15.0. The van der Waals surface area contributed by atoms with Crippen LogP contribution in [0.4, 0.5) is 5.82 Å². The summed E-state index contributed by atoms with van der Waals surface area (Å²) in [7, 11) is 1.59. The first kappa shape index (κ1) is 21.6. The van der Waals surface area contributed by atoms with Crippen molar-refractivity contribution in [3.8, 4) is 28.6 Å². The maximum Gasteiger partial charge on any atom is 0.243 e. The van der Waals surface area contributed by atoms with Gasteiger partial charge in [-0.25, -0.2) is 4.63 Å². The molecule has 0 aliphatic heterocycles. The van der Waals surface area contributed by atoms with E-state index in [0.717, 1.165) is 11.1 Å². The van der Waals surface area contributed by atoms with Crippen molar-refractivity contribution in [3.63, 3.8) is 0 Å². The lowest BCUT2D eigenvalue weighted by molar-refractivity contribution is 0.307. The number of anilines is 1. The first-order valence-corrected chi connectivity index (χ1v) is 10.0. The van der Waals surface area contributed by atoms with Crippen molar-refractivity contribution in [2.45, 2.75) is 6.92 Å². The van der Waals surface area contributed by atoms with Gasteiger partial charge in [0.05, 0.1) is 25.6 Å². The zero-order chi connectivity index (χ0) is 23.2. The lowest BCUT2D eigenvalue weighted by Crippen LogP contribution is -2.07. The molecule has 33 heavy (non-hydrogen) atoms. The Hall–Kier alpha value is -4.67. The summed E-state index contributed by atoms with van der Waals surface area (Å²) in [4.78, 5) is 0. The summed E-state index contributed by atoms with van der Waals surface area (Å²) >= 11 is 0. The van der Waals surface area contributed by atoms with E-state index in [1.807, 2.05) is 55.5 Å². The fraction of sp³-hybridized carbons (Fsp3) is 0.136. The lowest BCUT2D eigenvalue weighted by atomic mass is 10.1. The van der Waals surface area contributed by atoms with Crippen LogP contribution in [-0.4, -0.2) is 45.2 Å². The molecule has 0 unspecified atom stereocenters. The highest BCUT2D eigenvalue weighted by atomic mass is 16.6. The topological polar surface area (TPSA) is 138 Å². The number of hydrogen-bond donors (Lipinski definition) is 2.